The first-order valence-electron chi connectivity index (χ1n) is 7.40. The Balaban J connectivity index is 1.79. The van der Waals surface area contributed by atoms with E-state index in [1.54, 1.807) is 18.2 Å². The molecule has 0 unspecified atom stereocenters. The molecule has 4 heteroatoms. The molecule has 0 saturated heterocycles. The second-order valence-corrected chi connectivity index (χ2v) is 6.28. The van der Waals surface area contributed by atoms with Gasteiger partial charge in [0.15, 0.2) is 0 Å². The Kier molecular flexibility index (Phi) is 5.30. The number of halogens is 1. The number of amides is 1. The molecule has 0 aromatic heterocycles. The molecule has 1 aliphatic carbocycles. The summed E-state index contributed by atoms with van der Waals surface area (Å²) in [6.45, 7) is 3.03. The first-order chi connectivity index (χ1) is 9.58. The van der Waals surface area contributed by atoms with Crippen LogP contribution in [0.25, 0.3) is 0 Å². The highest BCUT2D eigenvalue weighted by Crippen LogP contribution is 2.30. The van der Waals surface area contributed by atoms with Crippen LogP contribution in [-0.4, -0.2) is 12.5 Å². The summed E-state index contributed by atoms with van der Waals surface area (Å²) < 4.78 is 0. The van der Waals surface area contributed by atoms with Crippen molar-refractivity contribution in [2.24, 2.45) is 11.8 Å². The Hall–Kier alpha value is -1.22. The summed E-state index contributed by atoms with van der Waals surface area (Å²) >= 11 is 5.92. The Morgan fingerprint density at radius 1 is 1.35 bits per heavy atom. The Labute approximate surface area is 125 Å². The zero-order valence-corrected chi connectivity index (χ0v) is 12.7. The Morgan fingerprint density at radius 2 is 2.05 bits per heavy atom. The zero-order valence-electron chi connectivity index (χ0n) is 12.0. The van der Waals surface area contributed by atoms with Crippen molar-refractivity contribution in [2.75, 3.05) is 12.3 Å². The fourth-order valence-corrected chi connectivity index (χ4v) is 3.01. The van der Waals surface area contributed by atoms with Gasteiger partial charge in [-0.1, -0.05) is 50.3 Å². The fraction of sp³-hybridized carbons (Fsp3) is 0.562. The van der Waals surface area contributed by atoms with E-state index in [0.717, 1.165) is 18.3 Å². The van der Waals surface area contributed by atoms with Crippen LogP contribution < -0.4 is 11.1 Å². The van der Waals surface area contributed by atoms with Crippen LogP contribution in [-0.2, 0) is 0 Å². The molecule has 0 bridgehead atoms. The maximum atomic E-state index is 12.1. The molecule has 2 rings (SSSR count). The molecular formula is C16H23ClN2O. The molecule has 0 radical (unpaired) electrons. The standard InChI is InChI=1S/C16H23ClN2O/c1-11-5-7-12(8-6-11)9-10-19-16(20)13-3-2-4-14(17)15(13)18/h2-4,11-12H,5-10,18H2,1H3,(H,19,20). The van der Waals surface area contributed by atoms with E-state index in [1.165, 1.54) is 25.7 Å². The van der Waals surface area contributed by atoms with Crippen molar-refractivity contribution in [2.45, 2.75) is 39.0 Å². The van der Waals surface area contributed by atoms with Gasteiger partial charge in [0.25, 0.3) is 5.91 Å². The minimum absolute atomic E-state index is 0.130. The predicted octanol–water partition coefficient (Wildman–Crippen LogP) is 3.87. The number of rotatable bonds is 4. The summed E-state index contributed by atoms with van der Waals surface area (Å²) in [5.74, 6) is 1.49. The van der Waals surface area contributed by atoms with Gasteiger partial charge in [-0.3, -0.25) is 4.79 Å². The minimum Gasteiger partial charge on any atom is -0.397 e. The van der Waals surface area contributed by atoms with Gasteiger partial charge in [0.05, 0.1) is 16.3 Å². The molecule has 0 spiro atoms. The number of hydrogen-bond acceptors (Lipinski definition) is 2. The van der Waals surface area contributed by atoms with Crippen LogP contribution in [0.3, 0.4) is 0 Å². The fourth-order valence-electron chi connectivity index (χ4n) is 2.84. The quantitative estimate of drug-likeness (QED) is 0.828. The van der Waals surface area contributed by atoms with Crippen molar-refractivity contribution in [1.29, 1.82) is 0 Å². The first kappa shape index (κ1) is 15.2. The van der Waals surface area contributed by atoms with E-state index in [4.69, 9.17) is 17.3 Å². The van der Waals surface area contributed by atoms with Crippen molar-refractivity contribution in [3.8, 4) is 0 Å². The normalized spacial score (nSPS) is 22.5. The van der Waals surface area contributed by atoms with Crippen LogP contribution in [0, 0.1) is 11.8 Å². The molecule has 3 nitrogen and oxygen atoms in total. The summed E-state index contributed by atoms with van der Waals surface area (Å²) in [5.41, 5.74) is 6.65. The lowest BCUT2D eigenvalue weighted by atomic mass is 9.81. The van der Waals surface area contributed by atoms with Gasteiger partial charge in [0, 0.05) is 6.54 Å². The summed E-state index contributed by atoms with van der Waals surface area (Å²) in [7, 11) is 0. The van der Waals surface area contributed by atoms with Gasteiger partial charge in [0.2, 0.25) is 0 Å². The SMILES string of the molecule is CC1CCC(CCNC(=O)c2cccc(Cl)c2N)CC1. The largest absolute Gasteiger partial charge is 0.397 e. The third kappa shape index (κ3) is 3.89. The van der Waals surface area contributed by atoms with Crippen LogP contribution in [0.4, 0.5) is 5.69 Å². The number of anilines is 1. The van der Waals surface area contributed by atoms with E-state index >= 15 is 0 Å². The molecule has 1 aromatic carbocycles. The Bertz CT molecular complexity index is 468. The number of carbonyl (C=O) groups excluding carboxylic acids is 1. The number of nitrogens with two attached hydrogens (primary N) is 1. The van der Waals surface area contributed by atoms with Crippen LogP contribution in [0.5, 0.6) is 0 Å². The van der Waals surface area contributed by atoms with Crippen molar-refractivity contribution in [1.82, 2.24) is 5.32 Å². The van der Waals surface area contributed by atoms with Crippen LogP contribution in [0.15, 0.2) is 18.2 Å². The number of carbonyl (C=O) groups is 1. The van der Waals surface area contributed by atoms with E-state index in [2.05, 4.69) is 12.2 Å². The highest BCUT2D eigenvalue weighted by atomic mass is 35.5. The highest BCUT2D eigenvalue weighted by Gasteiger charge is 2.18. The smallest absolute Gasteiger partial charge is 0.253 e. The van der Waals surface area contributed by atoms with E-state index in [0.29, 0.717) is 22.8 Å². The van der Waals surface area contributed by atoms with Gasteiger partial charge in [-0.15, -0.1) is 0 Å². The highest BCUT2D eigenvalue weighted by molar-refractivity contribution is 6.33. The van der Waals surface area contributed by atoms with Gasteiger partial charge in [-0.25, -0.2) is 0 Å². The van der Waals surface area contributed by atoms with Crippen molar-refractivity contribution in [3.05, 3.63) is 28.8 Å². The molecular weight excluding hydrogens is 272 g/mol. The molecule has 110 valence electrons. The summed E-state index contributed by atoms with van der Waals surface area (Å²) in [6.07, 6.45) is 6.27. The molecule has 0 heterocycles. The van der Waals surface area contributed by atoms with Crippen molar-refractivity contribution in [3.63, 3.8) is 0 Å². The van der Waals surface area contributed by atoms with Gasteiger partial charge >= 0.3 is 0 Å². The summed E-state index contributed by atoms with van der Waals surface area (Å²) in [6, 6.07) is 5.14. The third-order valence-electron chi connectivity index (χ3n) is 4.27. The lowest BCUT2D eigenvalue weighted by molar-refractivity contribution is 0.0950. The molecule has 1 fully saturated rings. The maximum Gasteiger partial charge on any atom is 0.253 e. The molecule has 0 atom stereocenters. The van der Waals surface area contributed by atoms with Gasteiger partial charge in [-0.05, 0) is 30.4 Å². The van der Waals surface area contributed by atoms with E-state index in [-0.39, 0.29) is 5.91 Å². The summed E-state index contributed by atoms with van der Waals surface area (Å²) in [5, 5.41) is 3.38. The molecule has 1 amide bonds. The van der Waals surface area contributed by atoms with E-state index in [1.807, 2.05) is 0 Å². The lowest BCUT2D eigenvalue weighted by Gasteiger charge is -2.26. The van der Waals surface area contributed by atoms with E-state index in [9.17, 15) is 4.79 Å². The molecule has 0 aliphatic heterocycles. The van der Waals surface area contributed by atoms with Gasteiger partial charge in [-0.2, -0.15) is 0 Å². The average Bonchev–Trinajstić information content (AvgIpc) is 2.44. The van der Waals surface area contributed by atoms with Crippen LogP contribution in [0.2, 0.25) is 5.02 Å². The second-order valence-electron chi connectivity index (χ2n) is 5.87. The van der Waals surface area contributed by atoms with Crippen molar-refractivity contribution >= 4 is 23.2 Å². The molecule has 1 saturated carbocycles. The number of nitrogens with one attached hydrogen (secondary N) is 1. The zero-order chi connectivity index (χ0) is 14.5. The Morgan fingerprint density at radius 3 is 2.75 bits per heavy atom. The minimum atomic E-state index is -0.130. The molecule has 1 aliphatic rings. The number of para-hydroxylation sites is 1. The first-order valence-corrected chi connectivity index (χ1v) is 7.78. The summed E-state index contributed by atoms with van der Waals surface area (Å²) in [4.78, 5) is 12.1. The van der Waals surface area contributed by atoms with Gasteiger partial charge < -0.3 is 11.1 Å². The number of nitrogen functional groups attached to an aromatic ring is 1. The number of hydrogen-bond donors (Lipinski definition) is 2. The number of benzene rings is 1. The molecule has 3 N–H and O–H groups in total. The van der Waals surface area contributed by atoms with Crippen LogP contribution >= 0.6 is 11.6 Å². The lowest BCUT2D eigenvalue weighted by Crippen LogP contribution is -2.27. The van der Waals surface area contributed by atoms with Crippen molar-refractivity contribution < 1.29 is 4.79 Å². The predicted molar refractivity (Wildman–Crippen MR) is 83.9 cm³/mol. The third-order valence-corrected chi connectivity index (χ3v) is 4.60. The monoisotopic (exact) mass is 294 g/mol. The average molecular weight is 295 g/mol. The van der Waals surface area contributed by atoms with Crippen LogP contribution in [0.1, 0.15) is 49.4 Å². The molecule has 20 heavy (non-hydrogen) atoms. The van der Waals surface area contributed by atoms with Gasteiger partial charge in [0.1, 0.15) is 0 Å². The van der Waals surface area contributed by atoms with E-state index < -0.39 is 0 Å². The second kappa shape index (κ2) is 6.98. The maximum absolute atomic E-state index is 12.1. The topological polar surface area (TPSA) is 55.1 Å². The molecule has 1 aromatic rings.